The molecule has 0 bridgehead atoms. The van der Waals surface area contributed by atoms with E-state index in [9.17, 15) is 8.42 Å². The second-order valence-electron chi connectivity index (χ2n) is 4.13. The summed E-state index contributed by atoms with van der Waals surface area (Å²) in [5, 5.41) is 3.13. The third-order valence-electron chi connectivity index (χ3n) is 2.66. The van der Waals surface area contributed by atoms with E-state index < -0.39 is 10.0 Å². The molecule has 0 aromatic heterocycles. The van der Waals surface area contributed by atoms with E-state index >= 15 is 0 Å². The highest BCUT2D eigenvalue weighted by Gasteiger charge is 2.22. The fourth-order valence-corrected chi connectivity index (χ4v) is 4.30. The maximum Gasteiger partial charge on any atom is 0.264 e. The van der Waals surface area contributed by atoms with E-state index in [1.807, 2.05) is 0 Å². The van der Waals surface area contributed by atoms with Gasteiger partial charge in [-0.3, -0.25) is 4.72 Å². The van der Waals surface area contributed by atoms with Crippen LogP contribution in [0.5, 0.6) is 0 Å². The first kappa shape index (κ1) is 16.2. The molecular formula is C13H11Cl3N2O2S. The van der Waals surface area contributed by atoms with Crippen molar-refractivity contribution in [2.24, 2.45) is 0 Å². The lowest BCUT2D eigenvalue weighted by molar-refractivity contribution is 0.601. The molecule has 2 aromatic rings. The van der Waals surface area contributed by atoms with Crippen molar-refractivity contribution >= 4 is 56.2 Å². The fourth-order valence-electron chi connectivity index (χ4n) is 1.70. The van der Waals surface area contributed by atoms with Crippen LogP contribution < -0.4 is 10.0 Å². The fraction of sp³-hybridized carbons (Fsp3) is 0.0769. The van der Waals surface area contributed by atoms with Gasteiger partial charge in [0.1, 0.15) is 4.90 Å². The highest BCUT2D eigenvalue weighted by atomic mass is 35.5. The topological polar surface area (TPSA) is 58.2 Å². The molecule has 0 spiro atoms. The van der Waals surface area contributed by atoms with E-state index in [-0.39, 0.29) is 20.0 Å². The zero-order valence-electron chi connectivity index (χ0n) is 10.8. The van der Waals surface area contributed by atoms with Crippen molar-refractivity contribution in [2.75, 3.05) is 17.1 Å². The SMILES string of the molecule is CNc1ccc(NS(=O)(=O)c2c(Cl)cc(Cl)cc2Cl)cc1. The first-order valence-corrected chi connectivity index (χ1v) is 8.40. The van der Waals surface area contributed by atoms with Crippen LogP contribution in [0.1, 0.15) is 0 Å². The molecule has 21 heavy (non-hydrogen) atoms. The summed E-state index contributed by atoms with van der Waals surface area (Å²) >= 11 is 17.6. The Morgan fingerprint density at radius 1 is 0.905 bits per heavy atom. The molecule has 0 unspecified atom stereocenters. The Morgan fingerprint density at radius 3 is 1.86 bits per heavy atom. The molecule has 8 heteroatoms. The summed E-state index contributed by atoms with van der Waals surface area (Å²) < 4.78 is 27.2. The summed E-state index contributed by atoms with van der Waals surface area (Å²) in [4.78, 5) is -0.201. The van der Waals surface area contributed by atoms with Crippen LogP contribution in [0.2, 0.25) is 15.1 Å². The molecule has 0 radical (unpaired) electrons. The molecule has 2 aromatic carbocycles. The lowest BCUT2D eigenvalue weighted by atomic mass is 10.3. The molecule has 0 atom stereocenters. The van der Waals surface area contributed by atoms with Gasteiger partial charge in [0.2, 0.25) is 0 Å². The Balaban J connectivity index is 2.38. The third-order valence-corrected chi connectivity index (χ3v) is 5.18. The normalized spacial score (nSPS) is 11.2. The Kier molecular flexibility index (Phi) is 4.88. The minimum absolute atomic E-state index is 0.0353. The number of benzene rings is 2. The second kappa shape index (κ2) is 6.32. The van der Waals surface area contributed by atoms with E-state index in [1.54, 1.807) is 31.3 Å². The van der Waals surface area contributed by atoms with Crippen LogP contribution in [0.3, 0.4) is 0 Å². The van der Waals surface area contributed by atoms with Crippen molar-refractivity contribution in [3.05, 3.63) is 51.5 Å². The van der Waals surface area contributed by atoms with Gasteiger partial charge in [-0.25, -0.2) is 8.42 Å². The first-order valence-electron chi connectivity index (χ1n) is 5.78. The predicted octanol–water partition coefficient (Wildman–Crippen LogP) is 4.49. The van der Waals surface area contributed by atoms with Gasteiger partial charge in [-0.2, -0.15) is 0 Å². The molecule has 0 amide bonds. The number of nitrogens with one attached hydrogen (secondary N) is 2. The van der Waals surface area contributed by atoms with E-state index in [2.05, 4.69) is 10.0 Å². The van der Waals surface area contributed by atoms with Crippen molar-refractivity contribution in [3.8, 4) is 0 Å². The molecule has 0 aliphatic carbocycles. The Bertz CT molecular complexity index is 738. The average Bonchev–Trinajstić information content (AvgIpc) is 2.37. The Morgan fingerprint density at radius 2 is 1.38 bits per heavy atom. The molecule has 2 rings (SSSR count). The average molecular weight is 366 g/mol. The number of sulfonamides is 1. The molecule has 0 saturated carbocycles. The van der Waals surface area contributed by atoms with Gasteiger partial charge >= 0.3 is 0 Å². The molecule has 0 aliphatic rings. The molecule has 0 aliphatic heterocycles. The summed E-state index contributed by atoms with van der Waals surface area (Å²) in [7, 11) is -2.13. The zero-order valence-corrected chi connectivity index (χ0v) is 13.9. The molecule has 0 saturated heterocycles. The van der Waals surface area contributed by atoms with Crippen molar-refractivity contribution < 1.29 is 8.42 Å². The van der Waals surface area contributed by atoms with Crippen LogP contribution in [0.15, 0.2) is 41.3 Å². The molecular weight excluding hydrogens is 355 g/mol. The van der Waals surface area contributed by atoms with Gasteiger partial charge in [-0.1, -0.05) is 34.8 Å². The predicted molar refractivity (Wildman–Crippen MR) is 88.3 cm³/mol. The summed E-state index contributed by atoms with van der Waals surface area (Å²) in [5.74, 6) is 0. The molecule has 0 fully saturated rings. The van der Waals surface area contributed by atoms with Crippen molar-refractivity contribution in [3.63, 3.8) is 0 Å². The Hall–Kier alpha value is -1.14. The number of anilines is 2. The van der Waals surface area contributed by atoms with E-state index in [0.717, 1.165) is 5.69 Å². The minimum atomic E-state index is -3.90. The van der Waals surface area contributed by atoms with E-state index in [4.69, 9.17) is 34.8 Å². The maximum atomic E-state index is 12.4. The van der Waals surface area contributed by atoms with Crippen LogP contribution in [-0.2, 0) is 10.0 Å². The van der Waals surface area contributed by atoms with E-state index in [0.29, 0.717) is 5.69 Å². The van der Waals surface area contributed by atoms with Gasteiger partial charge in [0, 0.05) is 23.4 Å². The van der Waals surface area contributed by atoms with Crippen molar-refractivity contribution in [1.82, 2.24) is 0 Å². The number of rotatable bonds is 4. The second-order valence-corrected chi connectivity index (χ2v) is 7.00. The van der Waals surface area contributed by atoms with Gasteiger partial charge in [-0.05, 0) is 36.4 Å². The van der Waals surface area contributed by atoms with Gasteiger partial charge in [-0.15, -0.1) is 0 Å². The number of hydrogen-bond donors (Lipinski definition) is 2. The Labute approximate surface area is 138 Å². The summed E-state index contributed by atoms with van der Waals surface area (Å²) in [6.07, 6.45) is 0. The van der Waals surface area contributed by atoms with Gasteiger partial charge in [0.05, 0.1) is 10.0 Å². The first-order chi connectivity index (χ1) is 9.83. The van der Waals surface area contributed by atoms with Crippen LogP contribution in [-0.4, -0.2) is 15.5 Å². The summed E-state index contributed by atoms with van der Waals surface area (Å²) in [5.41, 5.74) is 1.26. The summed E-state index contributed by atoms with van der Waals surface area (Å²) in [6, 6.07) is 9.38. The minimum Gasteiger partial charge on any atom is -0.388 e. The zero-order chi connectivity index (χ0) is 15.6. The lowest BCUT2D eigenvalue weighted by Crippen LogP contribution is -2.14. The molecule has 2 N–H and O–H groups in total. The van der Waals surface area contributed by atoms with E-state index in [1.165, 1.54) is 12.1 Å². The van der Waals surface area contributed by atoms with Crippen molar-refractivity contribution in [2.45, 2.75) is 4.90 Å². The van der Waals surface area contributed by atoms with Gasteiger partial charge in [0.15, 0.2) is 0 Å². The van der Waals surface area contributed by atoms with Gasteiger partial charge in [0.25, 0.3) is 10.0 Å². The highest BCUT2D eigenvalue weighted by molar-refractivity contribution is 7.93. The molecule has 4 nitrogen and oxygen atoms in total. The lowest BCUT2D eigenvalue weighted by Gasteiger charge is -2.12. The largest absolute Gasteiger partial charge is 0.388 e. The standard InChI is InChI=1S/C13H11Cl3N2O2S/c1-17-9-2-4-10(5-3-9)18-21(19,20)13-11(15)6-8(14)7-12(13)16/h2-7,17-18H,1H3. The maximum absolute atomic E-state index is 12.4. The number of halogens is 3. The molecule has 0 heterocycles. The van der Waals surface area contributed by atoms with Crippen LogP contribution in [0.25, 0.3) is 0 Å². The van der Waals surface area contributed by atoms with Crippen LogP contribution in [0.4, 0.5) is 11.4 Å². The highest BCUT2D eigenvalue weighted by Crippen LogP contribution is 2.33. The van der Waals surface area contributed by atoms with Crippen molar-refractivity contribution in [1.29, 1.82) is 0 Å². The quantitative estimate of drug-likeness (QED) is 0.839. The monoisotopic (exact) mass is 364 g/mol. The molecule has 112 valence electrons. The smallest absolute Gasteiger partial charge is 0.264 e. The van der Waals surface area contributed by atoms with Gasteiger partial charge < -0.3 is 5.32 Å². The van der Waals surface area contributed by atoms with Crippen LogP contribution in [0, 0.1) is 0 Å². The summed E-state index contributed by atoms with van der Waals surface area (Å²) in [6.45, 7) is 0. The third kappa shape index (κ3) is 3.74. The van der Waals surface area contributed by atoms with Crippen LogP contribution >= 0.6 is 34.8 Å². The number of hydrogen-bond acceptors (Lipinski definition) is 3.